The van der Waals surface area contributed by atoms with Crippen molar-refractivity contribution < 1.29 is 19.4 Å². The molecule has 88 valence electrons. The van der Waals surface area contributed by atoms with Gasteiger partial charge in [-0.2, -0.15) is 0 Å². The smallest absolute Gasteiger partial charge is 0.329 e. The first-order valence-electron chi connectivity index (χ1n) is 4.41. The third kappa shape index (κ3) is 4.73. The number of thiophene rings is 1. The molecule has 0 atom stereocenters. The van der Waals surface area contributed by atoms with E-state index in [1.807, 2.05) is 0 Å². The highest BCUT2D eigenvalue weighted by atomic mass is 79.9. The maximum atomic E-state index is 11.5. The van der Waals surface area contributed by atoms with E-state index in [9.17, 15) is 9.59 Å². The monoisotopic (exact) mass is 307 g/mol. The van der Waals surface area contributed by atoms with E-state index >= 15 is 0 Å². The second-order valence-corrected chi connectivity index (χ2v) is 5.13. The molecule has 0 fully saturated rings. The Labute approximate surface area is 105 Å². The number of hydrogen-bond acceptors (Lipinski definition) is 4. The fourth-order valence-corrected chi connectivity index (χ4v) is 2.06. The van der Waals surface area contributed by atoms with Crippen molar-refractivity contribution in [3.8, 4) is 0 Å². The van der Waals surface area contributed by atoms with Crippen LogP contribution in [0.15, 0.2) is 15.2 Å². The fraction of sp³-hybridized carbons (Fsp3) is 0.333. The normalized spacial score (nSPS) is 10.1. The summed E-state index contributed by atoms with van der Waals surface area (Å²) in [6.45, 7) is 0.128. The quantitative estimate of drug-likeness (QED) is 0.778. The number of carbonyl (C=O) groups excluding carboxylic acids is 1. The Morgan fingerprint density at radius 1 is 1.56 bits per heavy atom. The molecule has 0 bridgehead atoms. The molecule has 0 radical (unpaired) electrons. The zero-order chi connectivity index (χ0) is 12.0. The van der Waals surface area contributed by atoms with E-state index in [4.69, 9.17) is 9.84 Å². The molecule has 0 saturated carbocycles. The molecule has 1 rings (SSSR count). The Balaban J connectivity index is 2.18. The van der Waals surface area contributed by atoms with E-state index in [-0.39, 0.29) is 19.1 Å². The van der Waals surface area contributed by atoms with Crippen molar-refractivity contribution in [2.75, 3.05) is 19.8 Å². The van der Waals surface area contributed by atoms with E-state index < -0.39 is 5.97 Å². The number of halogens is 1. The Morgan fingerprint density at radius 2 is 2.31 bits per heavy atom. The summed E-state index contributed by atoms with van der Waals surface area (Å²) in [4.78, 5) is 21.6. The van der Waals surface area contributed by atoms with Crippen LogP contribution in [0.25, 0.3) is 0 Å². The molecule has 1 aromatic heterocycles. The van der Waals surface area contributed by atoms with Crippen molar-refractivity contribution in [2.45, 2.75) is 0 Å². The first-order valence-corrected chi connectivity index (χ1v) is 6.08. The summed E-state index contributed by atoms with van der Waals surface area (Å²) in [5.74, 6) is -1.21. The third-order valence-corrected chi connectivity index (χ3v) is 3.09. The van der Waals surface area contributed by atoms with E-state index in [0.717, 1.165) is 3.79 Å². The number of hydrogen-bond donors (Lipinski definition) is 2. The highest BCUT2D eigenvalue weighted by Gasteiger charge is 2.06. The van der Waals surface area contributed by atoms with Crippen molar-refractivity contribution in [2.24, 2.45) is 0 Å². The van der Waals surface area contributed by atoms with Gasteiger partial charge in [-0.3, -0.25) is 4.79 Å². The summed E-state index contributed by atoms with van der Waals surface area (Å²) >= 11 is 4.69. The summed E-state index contributed by atoms with van der Waals surface area (Å²) in [6, 6.07) is 1.72. The van der Waals surface area contributed by atoms with Gasteiger partial charge in [0, 0.05) is 11.9 Å². The SMILES string of the molecule is O=C(O)COCCNC(=O)c1csc(Br)c1. The average Bonchev–Trinajstić information content (AvgIpc) is 2.63. The molecule has 0 aromatic carbocycles. The van der Waals surface area contributed by atoms with Crippen LogP contribution in [-0.2, 0) is 9.53 Å². The lowest BCUT2D eigenvalue weighted by Gasteiger charge is -2.03. The maximum Gasteiger partial charge on any atom is 0.329 e. The van der Waals surface area contributed by atoms with Gasteiger partial charge in [0.05, 0.1) is 16.0 Å². The van der Waals surface area contributed by atoms with Gasteiger partial charge < -0.3 is 15.2 Å². The number of carboxylic acids is 1. The first kappa shape index (κ1) is 13.1. The second kappa shape index (κ2) is 6.62. The molecule has 0 saturated heterocycles. The predicted molar refractivity (Wildman–Crippen MR) is 62.8 cm³/mol. The van der Waals surface area contributed by atoms with Crippen molar-refractivity contribution in [1.29, 1.82) is 0 Å². The minimum atomic E-state index is -1.02. The number of carbonyl (C=O) groups is 2. The van der Waals surface area contributed by atoms with Crippen LogP contribution in [0.3, 0.4) is 0 Å². The van der Waals surface area contributed by atoms with Gasteiger partial charge in [-0.25, -0.2) is 4.79 Å². The molecular weight excluding hydrogens is 298 g/mol. The Hall–Kier alpha value is -0.920. The number of carboxylic acid groups (broad SMARTS) is 1. The van der Waals surface area contributed by atoms with E-state index in [2.05, 4.69) is 21.2 Å². The molecule has 0 unspecified atom stereocenters. The zero-order valence-corrected chi connectivity index (χ0v) is 10.6. The number of ether oxygens (including phenoxy) is 1. The third-order valence-electron chi connectivity index (χ3n) is 1.59. The van der Waals surface area contributed by atoms with Crippen LogP contribution in [0.5, 0.6) is 0 Å². The lowest BCUT2D eigenvalue weighted by Crippen LogP contribution is -2.27. The van der Waals surface area contributed by atoms with Crippen LogP contribution in [0.1, 0.15) is 10.4 Å². The molecular formula is C9H10BrNO4S. The molecule has 1 amide bonds. The van der Waals surface area contributed by atoms with Gasteiger partial charge in [0.2, 0.25) is 0 Å². The highest BCUT2D eigenvalue weighted by molar-refractivity contribution is 9.11. The van der Waals surface area contributed by atoms with Crippen LogP contribution < -0.4 is 5.32 Å². The summed E-state index contributed by atoms with van der Waals surface area (Å²) < 4.78 is 5.65. The van der Waals surface area contributed by atoms with E-state index in [0.29, 0.717) is 12.1 Å². The lowest BCUT2D eigenvalue weighted by atomic mass is 10.3. The standard InChI is InChI=1S/C9H10BrNO4S/c10-7-3-6(5-16-7)9(14)11-1-2-15-4-8(12)13/h3,5H,1-2,4H2,(H,11,14)(H,12,13). The van der Waals surface area contributed by atoms with Crippen LogP contribution in [0, 0.1) is 0 Å². The molecule has 0 aliphatic heterocycles. The Kier molecular flexibility index (Phi) is 5.44. The highest BCUT2D eigenvalue weighted by Crippen LogP contribution is 2.20. The minimum Gasteiger partial charge on any atom is -0.480 e. The topological polar surface area (TPSA) is 75.6 Å². The molecule has 0 spiro atoms. The largest absolute Gasteiger partial charge is 0.480 e. The molecule has 0 aliphatic rings. The second-order valence-electron chi connectivity index (χ2n) is 2.84. The Bertz CT molecular complexity index is 379. The van der Waals surface area contributed by atoms with Gasteiger partial charge >= 0.3 is 5.97 Å². The van der Waals surface area contributed by atoms with Crippen molar-refractivity contribution >= 4 is 39.1 Å². The van der Waals surface area contributed by atoms with Gasteiger partial charge in [-0.15, -0.1) is 11.3 Å². The summed E-state index contributed by atoms with van der Waals surface area (Å²) in [7, 11) is 0. The van der Waals surface area contributed by atoms with Crippen LogP contribution in [0.2, 0.25) is 0 Å². The molecule has 7 heteroatoms. The number of rotatable bonds is 6. The lowest BCUT2D eigenvalue weighted by molar-refractivity contribution is -0.142. The first-order chi connectivity index (χ1) is 7.59. The fourth-order valence-electron chi connectivity index (χ4n) is 0.927. The molecule has 2 N–H and O–H groups in total. The van der Waals surface area contributed by atoms with Gasteiger partial charge in [0.15, 0.2) is 0 Å². The zero-order valence-electron chi connectivity index (χ0n) is 8.23. The molecule has 5 nitrogen and oxygen atoms in total. The van der Waals surface area contributed by atoms with Crippen LogP contribution >= 0.6 is 27.3 Å². The minimum absolute atomic E-state index is 0.184. The van der Waals surface area contributed by atoms with Crippen LogP contribution in [-0.4, -0.2) is 36.7 Å². The van der Waals surface area contributed by atoms with Crippen molar-refractivity contribution in [3.63, 3.8) is 0 Å². The van der Waals surface area contributed by atoms with E-state index in [1.165, 1.54) is 11.3 Å². The van der Waals surface area contributed by atoms with Gasteiger partial charge in [0.25, 0.3) is 5.91 Å². The van der Waals surface area contributed by atoms with Gasteiger partial charge in [-0.05, 0) is 22.0 Å². The average molecular weight is 308 g/mol. The van der Waals surface area contributed by atoms with Crippen molar-refractivity contribution in [1.82, 2.24) is 5.32 Å². The predicted octanol–water partition coefficient (Wildman–Crippen LogP) is 1.34. The molecule has 1 aromatic rings. The number of amides is 1. The van der Waals surface area contributed by atoms with Crippen molar-refractivity contribution in [3.05, 3.63) is 20.8 Å². The summed E-state index contributed by atoms with van der Waals surface area (Å²) in [5, 5.41) is 12.6. The number of aliphatic carboxylic acids is 1. The van der Waals surface area contributed by atoms with Crippen LogP contribution in [0.4, 0.5) is 0 Å². The summed E-state index contributed by atoms with van der Waals surface area (Å²) in [5.41, 5.74) is 0.579. The number of nitrogens with one attached hydrogen (secondary N) is 1. The molecule has 1 heterocycles. The maximum absolute atomic E-state index is 11.5. The summed E-state index contributed by atoms with van der Waals surface area (Å²) in [6.07, 6.45) is 0. The van der Waals surface area contributed by atoms with E-state index in [1.54, 1.807) is 11.4 Å². The van der Waals surface area contributed by atoms with Gasteiger partial charge in [-0.1, -0.05) is 0 Å². The Morgan fingerprint density at radius 3 is 2.88 bits per heavy atom. The molecule has 0 aliphatic carbocycles. The molecule has 16 heavy (non-hydrogen) atoms. The van der Waals surface area contributed by atoms with Gasteiger partial charge in [0.1, 0.15) is 6.61 Å².